The van der Waals surface area contributed by atoms with E-state index < -0.39 is 0 Å². The highest BCUT2D eigenvalue weighted by Gasteiger charge is 2.31. The molecule has 0 amide bonds. The van der Waals surface area contributed by atoms with Crippen molar-refractivity contribution >= 4 is 0 Å². The Morgan fingerprint density at radius 3 is 1.92 bits per heavy atom. The fourth-order valence-electron chi connectivity index (χ4n) is 4.32. The molecule has 2 aliphatic heterocycles. The SMILES string of the molecule is CC(C)N1CCN(C(C)(C)CC[C@H](C)N2CCN(CCO)CC2)CC1. The van der Waals surface area contributed by atoms with Crippen molar-refractivity contribution in [1.29, 1.82) is 0 Å². The van der Waals surface area contributed by atoms with Gasteiger partial charge in [-0.05, 0) is 47.5 Å². The molecule has 5 nitrogen and oxygen atoms in total. The number of rotatable bonds is 8. The van der Waals surface area contributed by atoms with Gasteiger partial charge in [-0.25, -0.2) is 0 Å². The maximum Gasteiger partial charge on any atom is 0.0558 e. The Morgan fingerprint density at radius 2 is 1.40 bits per heavy atom. The first-order valence-corrected chi connectivity index (χ1v) is 10.4. The maximum absolute atomic E-state index is 9.07. The van der Waals surface area contributed by atoms with Crippen LogP contribution in [0.1, 0.15) is 47.5 Å². The number of β-amino-alcohol motifs (C(OH)–C–C–N with tert-alkyl or cyclic N) is 1. The van der Waals surface area contributed by atoms with Gasteiger partial charge >= 0.3 is 0 Å². The molecule has 2 rings (SSSR count). The largest absolute Gasteiger partial charge is 0.395 e. The molecule has 0 bridgehead atoms. The van der Waals surface area contributed by atoms with Crippen LogP contribution in [0.25, 0.3) is 0 Å². The molecule has 0 aromatic carbocycles. The van der Waals surface area contributed by atoms with Gasteiger partial charge in [0.15, 0.2) is 0 Å². The fourth-order valence-corrected chi connectivity index (χ4v) is 4.32. The van der Waals surface area contributed by atoms with E-state index in [0.717, 1.165) is 32.7 Å². The number of hydrogen-bond donors (Lipinski definition) is 1. The molecule has 2 fully saturated rings. The van der Waals surface area contributed by atoms with Crippen molar-refractivity contribution in [2.75, 3.05) is 65.5 Å². The molecule has 0 aromatic rings. The van der Waals surface area contributed by atoms with Crippen LogP contribution in [-0.2, 0) is 0 Å². The zero-order valence-electron chi connectivity index (χ0n) is 17.4. The van der Waals surface area contributed by atoms with Gasteiger partial charge in [0.1, 0.15) is 0 Å². The number of nitrogens with zero attached hydrogens (tertiary/aromatic N) is 4. The van der Waals surface area contributed by atoms with Gasteiger partial charge in [0.05, 0.1) is 6.61 Å². The van der Waals surface area contributed by atoms with Crippen molar-refractivity contribution in [3.8, 4) is 0 Å². The molecule has 2 aliphatic rings. The van der Waals surface area contributed by atoms with Crippen LogP contribution in [0.15, 0.2) is 0 Å². The third-order valence-electron chi connectivity index (χ3n) is 6.52. The molecule has 0 saturated carbocycles. The van der Waals surface area contributed by atoms with Gasteiger partial charge in [-0.3, -0.25) is 19.6 Å². The van der Waals surface area contributed by atoms with E-state index in [0.29, 0.717) is 17.6 Å². The predicted molar refractivity (Wildman–Crippen MR) is 106 cm³/mol. The summed E-state index contributed by atoms with van der Waals surface area (Å²) in [7, 11) is 0. The van der Waals surface area contributed by atoms with Gasteiger partial charge in [0, 0.05) is 76.5 Å². The highest BCUT2D eigenvalue weighted by molar-refractivity contribution is 4.88. The third kappa shape index (κ3) is 6.17. The van der Waals surface area contributed by atoms with E-state index in [-0.39, 0.29) is 6.61 Å². The van der Waals surface area contributed by atoms with E-state index in [1.54, 1.807) is 0 Å². The first kappa shape index (κ1) is 21.1. The summed E-state index contributed by atoms with van der Waals surface area (Å²) >= 11 is 0. The molecule has 0 aromatic heterocycles. The Hall–Kier alpha value is -0.200. The molecule has 2 saturated heterocycles. The smallest absolute Gasteiger partial charge is 0.0558 e. The molecule has 0 spiro atoms. The minimum atomic E-state index is 0.286. The van der Waals surface area contributed by atoms with Gasteiger partial charge in [-0.2, -0.15) is 0 Å². The normalized spacial score (nSPS) is 24.1. The van der Waals surface area contributed by atoms with Crippen LogP contribution in [-0.4, -0.2) is 108 Å². The van der Waals surface area contributed by atoms with Crippen molar-refractivity contribution in [2.45, 2.75) is 65.1 Å². The summed E-state index contributed by atoms with van der Waals surface area (Å²) in [6.45, 7) is 22.3. The maximum atomic E-state index is 9.07. The molecular weight excluding hydrogens is 312 g/mol. The van der Waals surface area contributed by atoms with Gasteiger partial charge < -0.3 is 5.11 Å². The monoisotopic (exact) mass is 354 g/mol. The second kappa shape index (κ2) is 9.65. The minimum absolute atomic E-state index is 0.286. The van der Waals surface area contributed by atoms with Crippen LogP contribution in [0.2, 0.25) is 0 Å². The highest BCUT2D eigenvalue weighted by Crippen LogP contribution is 2.25. The fraction of sp³-hybridized carbons (Fsp3) is 1.00. The third-order valence-corrected chi connectivity index (χ3v) is 6.52. The van der Waals surface area contributed by atoms with Gasteiger partial charge in [-0.1, -0.05) is 0 Å². The Labute approximate surface area is 155 Å². The standard InChI is InChI=1S/C20H42N4O/c1-18(2)22-12-14-24(15-13-22)20(4,5)7-6-19(3)23-10-8-21(9-11-23)16-17-25/h18-19,25H,6-17H2,1-5H3/t19-/m0/s1. The molecule has 0 aliphatic carbocycles. The van der Waals surface area contributed by atoms with Crippen LogP contribution >= 0.6 is 0 Å². The summed E-state index contributed by atoms with van der Waals surface area (Å²) in [6.07, 6.45) is 2.55. The lowest BCUT2D eigenvalue weighted by Gasteiger charge is -2.46. The first-order chi connectivity index (χ1) is 11.8. The van der Waals surface area contributed by atoms with E-state index in [1.165, 1.54) is 39.0 Å². The Morgan fingerprint density at radius 1 is 0.840 bits per heavy atom. The van der Waals surface area contributed by atoms with Crippen molar-refractivity contribution in [1.82, 2.24) is 19.6 Å². The second-order valence-electron chi connectivity index (χ2n) is 8.92. The quantitative estimate of drug-likeness (QED) is 0.715. The molecule has 1 N–H and O–H groups in total. The molecule has 148 valence electrons. The number of aliphatic hydroxyl groups is 1. The zero-order valence-corrected chi connectivity index (χ0v) is 17.4. The summed E-state index contributed by atoms with van der Waals surface area (Å²) in [5.41, 5.74) is 0.302. The summed E-state index contributed by atoms with van der Waals surface area (Å²) < 4.78 is 0. The summed E-state index contributed by atoms with van der Waals surface area (Å²) in [5.74, 6) is 0. The van der Waals surface area contributed by atoms with Crippen LogP contribution in [0.4, 0.5) is 0 Å². The number of hydrogen-bond acceptors (Lipinski definition) is 5. The van der Waals surface area contributed by atoms with Crippen molar-refractivity contribution in [3.63, 3.8) is 0 Å². The van der Waals surface area contributed by atoms with E-state index in [1.807, 2.05) is 0 Å². The van der Waals surface area contributed by atoms with Crippen LogP contribution in [0, 0.1) is 0 Å². The Bertz CT molecular complexity index is 372. The lowest BCUT2D eigenvalue weighted by Crippen LogP contribution is -2.56. The zero-order chi connectivity index (χ0) is 18.4. The number of aliphatic hydroxyl groups excluding tert-OH is 1. The molecular formula is C20H42N4O. The minimum Gasteiger partial charge on any atom is -0.395 e. The Balaban J connectivity index is 1.72. The van der Waals surface area contributed by atoms with Gasteiger partial charge in [0.25, 0.3) is 0 Å². The molecule has 0 radical (unpaired) electrons. The van der Waals surface area contributed by atoms with E-state index in [4.69, 9.17) is 5.11 Å². The Kier molecular flexibility index (Phi) is 8.15. The van der Waals surface area contributed by atoms with Crippen LogP contribution in [0.3, 0.4) is 0 Å². The molecule has 1 atom stereocenters. The van der Waals surface area contributed by atoms with Crippen molar-refractivity contribution in [2.24, 2.45) is 0 Å². The van der Waals surface area contributed by atoms with E-state index in [2.05, 4.69) is 54.2 Å². The molecule has 0 unspecified atom stereocenters. The first-order valence-electron chi connectivity index (χ1n) is 10.4. The number of piperazine rings is 2. The lowest BCUT2D eigenvalue weighted by molar-refractivity contribution is 0.0272. The molecule has 2 heterocycles. The summed E-state index contributed by atoms with van der Waals surface area (Å²) in [6, 6.07) is 1.34. The van der Waals surface area contributed by atoms with Crippen LogP contribution < -0.4 is 0 Å². The topological polar surface area (TPSA) is 33.2 Å². The average molecular weight is 355 g/mol. The molecule has 5 heteroatoms. The lowest BCUT2D eigenvalue weighted by atomic mass is 9.92. The van der Waals surface area contributed by atoms with Crippen molar-refractivity contribution in [3.05, 3.63) is 0 Å². The van der Waals surface area contributed by atoms with E-state index in [9.17, 15) is 0 Å². The van der Waals surface area contributed by atoms with Gasteiger partial charge in [-0.15, -0.1) is 0 Å². The van der Waals surface area contributed by atoms with Crippen LogP contribution in [0.5, 0.6) is 0 Å². The summed E-state index contributed by atoms with van der Waals surface area (Å²) in [5, 5.41) is 9.07. The second-order valence-corrected chi connectivity index (χ2v) is 8.92. The van der Waals surface area contributed by atoms with Gasteiger partial charge in [0.2, 0.25) is 0 Å². The van der Waals surface area contributed by atoms with E-state index >= 15 is 0 Å². The molecule has 25 heavy (non-hydrogen) atoms. The van der Waals surface area contributed by atoms with Crippen molar-refractivity contribution < 1.29 is 5.11 Å². The highest BCUT2D eigenvalue weighted by atomic mass is 16.3. The predicted octanol–water partition coefficient (Wildman–Crippen LogP) is 1.57. The summed E-state index contributed by atoms with van der Waals surface area (Å²) in [4.78, 5) is 10.3. The average Bonchev–Trinajstić information content (AvgIpc) is 2.61.